The molecule has 0 unspecified atom stereocenters. The lowest BCUT2D eigenvalue weighted by Gasteiger charge is -2.37. The fourth-order valence-corrected chi connectivity index (χ4v) is 5.37. The molecule has 41 heavy (non-hydrogen) atoms. The molecule has 3 heterocycles. The summed E-state index contributed by atoms with van der Waals surface area (Å²) < 4.78 is 0. The zero-order valence-corrected chi connectivity index (χ0v) is 23.6. The molecule has 5 rings (SSSR count). The van der Waals surface area contributed by atoms with Crippen LogP contribution in [0.5, 0.6) is 0 Å². The maximum atomic E-state index is 11.8. The van der Waals surface area contributed by atoms with Crippen LogP contribution in [0.2, 0.25) is 5.15 Å². The van der Waals surface area contributed by atoms with Gasteiger partial charge in [0.2, 0.25) is 0 Å². The second-order valence-electron chi connectivity index (χ2n) is 9.97. The number of hydrogen-bond donors (Lipinski definition) is 2. The molecule has 10 nitrogen and oxygen atoms in total. The number of pyridine rings is 1. The maximum absolute atomic E-state index is 11.8. The molecule has 4 aromatic rings. The van der Waals surface area contributed by atoms with Gasteiger partial charge in [0.15, 0.2) is 17.2 Å². The molecule has 0 radical (unpaired) electrons. The summed E-state index contributed by atoms with van der Waals surface area (Å²) in [7, 11) is 0. The van der Waals surface area contributed by atoms with Crippen LogP contribution in [0.3, 0.4) is 0 Å². The number of aromatic nitrogens is 3. The third kappa shape index (κ3) is 5.43. The Morgan fingerprint density at radius 3 is 2.44 bits per heavy atom. The van der Waals surface area contributed by atoms with E-state index < -0.39 is 5.97 Å². The van der Waals surface area contributed by atoms with Gasteiger partial charge >= 0.3 is 5.97 Å². The Hall–Kier alpha value is -4.93. The molecule has 2 N–H and O–H groups in total. The first-order valence-electron chi connectivity index (χ1n) is 13.1. The minimum absolute atomic E-state index is 0.0918. The number of benzene rings is 2. The zero-order chi connectivity index (χ0) is 29.3. The molecule has 0 aliphatic carbocycles. The van der Waals surface area contributed by atoms with E-state index in [4.69, 9.17) is 16.6 Å². The standard InChI is InChI=1S/C30H27ClN8O2/c1-17-13-21(19(3)34-22-7-8-26(31)36-28(22)30(40)41)27-23(14-17)35-24(16-33)29(37-27)39-11-9-38(10-12-39)25-6-4-5-20(15-32)18(25)2/h4-8,13-14,19,34H,9-12H2,1-3H3,(H,40,41)/t19-/m1/s1. The summed E-state index contributed by atoms with van der Waals surface area (Å²) in [4.78, 5) is 29.7. The summed E-state index contributed by atoms with van der Waals surface area (Å²) in [5.74, 6) is -0.676. The number of nitriles is 2. The van der Waals surface area contributed by atoms with Crippen molar-refractivity contribution in [3.8, 4) is 12.1 Å². The topological polar surface area (TPSA) is 142 Å². The normalized spacial score (nSPS) is 13.9. The van der Waals surface area contributed by atoms with Gasteiger partial charge in [-0.1, -0.05) is 23.7 Å². The van der Waals surface area contributed by atoms with E-state index in [2.05, 4.69) is 37.2 Å². The van der Waals surface area contributed by atoms with Gasteiger partial charge in [-0.05, 0) is 62.2 Å². The Morgan fingerprint density at radius 1 is 1.02 bits per heavy atom. The highest BCUT2D eigenvalue weighted by Gasteiger charge is 2.25. The molecule has 2 aromatic carbocycles. The summed E-state index contributed by atoms with van der Waals surface area (Å²) in [6, 6.07) is 16.8. The molecule has 2 aromatic heterocycles. The van der Waals surface area contributed by atoms with Crippen molar-refractivity contribution in [2.75, 3.05) is 41.3 Å². The number of nitrogens with zero attached hydrogens (tertiary/aromatic N) is 7. The van der Waals surface area contributed by atoms with Gasteiger partial charge in [-0.3, -0.25) is 0 Å². The number of nitrogens with one attached hydrogen (secondary N) is 1. The Kier molecular flexibility index (Phi) is 7.60. The van der Waals surface area contributed by atoms with Crippen LogP contribution >= 0.6 is 11.6 Å². The summed E-state index contributed by atoms with van der Waals surface area (Å²) >= 11 is 5.93. The number of piperazine rings is 1. The fourth-order valence-electron chi connectivity index (χ4n) is 5.22. The van der Waals surface area contributed by atoms with E-state index in [0.717, 1.165) is 22.4 Å². The van der Waals surface area contributed by atoms with Crippen LogP contribution in [0.4, 0.5) is 17.2 Å². The number of carboxylic acids is 1. The van der Waals surface area contributed by atoms with E-state index in [1.54, 1.807) is 6.07 Å². The molecule has 0 spiro atoms. The number of aromatic carboxylic acids is 1. The molecule has 1 fully saturated rings. The average Bonchev–Trinajstić information content (AvgIpc) is 2.97. The maximum Gasteiger partial charge on any atom is 0.356 e. The van der Waals surface area contributed by atoms with Crippen LogP contribution in [0.15, 0.2) is 42.5 Å². The molecule has 1 saturated heterocycles. The summed E-state index contributed by atoms with van der Waals surface area (Å²) in [5.41, 5.74) is 6.02. The molecule has 1 atom stereocenters. The third-order valence-corrected chi connectivity index (χ3v) is 7.49. The van der Waals surface area contributed by atoms with Gasteiger partial charge in [0.05, 0.1) is 34.4 Å². The smallest absolute Gasteiger partial charge is 0.356 e. The number of hydrogen-bond acceptors (Lipinski definition) is 9. The molecule has 0 amide bonds. The summed E-state index contributed by atoms with van der Waals surface area (Å²) in [5, 5.41) is 32.4. The Bertz CT molecular complexity index is 1750. The summed E-state index contributed by atoms with van der Waals surface area (Å²) in [6.07, 6.45) is 0. The predicted octanol–water partition coefficient (Wildman–Crippen LogP) is 5.24. The van der Waals surface area contributed by atoms with Crippen LogP contribution in [0, 0.1) is 36.5 Å². The monoisotopic (exact) mass is 566 g/mol. The molecular weight excluding hydrogens is 540 g/mol. The van der Waals surface area contributed by atoms with Crippen molar-refractivity contribution < 1.29 is 9.90 Å². The second-order valence-corrected chi connectivity index (χ2v) is 10.4. The van der Waals surface area contributed by atoms with Crippen LogP contribution in [-0.2, 0) is 0 Å². The van der Waals surface area contributed by atoms with Crippen LogP contribution in [0.1, 0.15) is 51.4 Å². The van der Waals surface area contributed by atoms with Gasteiger partial charge in [-0.15, -0.1) is 0 Å². The van der Waals surface area contributed by atoms with E-state index in [1.165, 1.54) is 6.07 Å². The Morgan fingerprint density at radius 2 is 1.76 bits per heavy atom. The highest BCUT2D eigenvalue weighted by atomic mass is 35.5. The van der Waals surface area contributed by atoms with Crippen molar-refractivity contribution in [3.63, 3.8) is 0 Å². The van der Waals surface area contributed by atoms with E-state index >= 15 is 0 Å². The van der Waals surface area contributed by atoms with E-state index in [-0.39, 0.29) is 22.6 Å². The van der Waals surface area contributed by atoms with E-state index in [9.17, 15) is 20.4 Å². The highest BCUT2D eigenvalue weighted by Crippen LogP contribution is 2.31. The van der Waals surface area contributed by atoms with Crippen molar-refractivity contribution in [1.82, 2.24) is 15.0 Å². The lowest BCUT2D eigenvalue weighted by molar-refractivity contribution is 0.0691. The van der Waals surface area contributed by atoms with Crippen molar-refractivity contribution in [2.45, 2.75) is 26.8 Å². The van der Waals surface area contributed by atoms with E-state index in [1.807, 2.05) is 51.1 Å². The number of carbonyl (C=O) groups is 1. The number of anilines is 3. The van der Waals surface area contributed by atoms with Gasteiger partial charge in [0.25, 0.3) is 0 Å². The van der Waals surface area contributed by atoms with Crippen molar-refractivity contribution in [2.24, 2.45) is 0 Å². The molecule has 0 bridgehead atoms. The molecule has 1 aliphatic rings. The molecule has 0 saturated carbocycles. The zero-order valence-electron chi connectivity index (χ0n) is 22.8. The highest BCUT2D eigenvalue weighted by molar-refractivity contribution is 6.29. The van der Waals surface area contributed by atoms with Gasteiger partial charge in [0, 0.05) is 37.4 Å². The summed E-state index contributed by atoms with van der Waals surface area (Å²) in [6.45, 7) is 8.44. The largest absolute Gasteiger partial charge is 0.476 e. The first-order chi connectivity index (χ1) is 19.7. The fraction of sp³-hybridized carbons (Fsp3) is 0.267. The third-order valence-electron chi connectivity index (χ3n) is 7.28. The number of rotatable bonds is 6. The van der Waals surface area contributed by atoms with Crippen LogP contribution in [-0.4, -0.2) is 52.2 Å². The van der Waals surface area contributed by atoms with Gasteiger partial charge in [-0.25, -0.2) is 19.7 Å². The van der Waals surface area contributed by atoms with Gasteiger partial charge in [0.1, 0.15) is 11.2 Å². The second kappa shape index (κ2) is 11.3. The first kappa shape index (κ1) is 27.6. The number of aryl methyl sites for hydroxylation is 1. The number of halogens is 1. The van der Waals surface area contributed by atoms with Crippen molar-refractivity contribution in [1.29, 1.82) is 10.5 Å². The van der Waals surface area contributed by atoms with Crippen molar-refractivity contribution in [3.05, 3.63) is 81.3 Å². The molecule has 206 valence electrons. The SMILES string of the molecule is Cc1cc([C@@H](C)Nc2ccc(Cl)nc2C(=O)O)c2nc(N3CCN(c4cccc(C#N)c4C)CC3)c(C#N)nc2c1. The molecular formula is C30H27ClN8O2. The first-order valence-corrected chi connectivity index (χ1v) is 13.5. The van der Waals surface area contributed by atoms with E-state index in [0.29, 0.717) is 54.3 Å². The average molecular weight is 567 g/mol. The Labute approximate surface area is 242 Å². The van der Waals surface area contributed by atoms with Crippen molar-refractivity contribution >= 4 is 45.8 Å². The predicted molar refractivity (Wildman–Crippen MR) is 158 cm³/mol. The molecule has 1 aliphatic heterocycles. The minimum atomic E-state index is -1.19. The van der Waals surface area contributed by atoms with Gasteiger partial charge in [-0.2, -0.15) is 10.5 Å². The lowest BCUT2D eigenvalue weighted by atomic mass is 10.0. The number of fused-ring (bicyclic) bond motifs is 1. The quantitative estimate of drug-likeness (QED) is 0.297. The molecule has 11 heteroatoms. The van der Waals surface area contributed by atoms with Crippen LogP contribution < -0.4 is 15.1 Å². The van der Waals surface area contributed by atoms with Gasteiger partial charge < -0.3 is 20.2 Å². The van der Waals surface area contributed by atoms with Crippen LogP contribution in [0.25, 0.3) is 11.0 Å². The Balaban J connectivity index is 1.48. The minimum Gasteiger partial charge on any atom is -0.476 e. The lowest BCUT2D eigenvalue weighted by Crippen LogP contribution is -2.47. The number of carboxylic acid groups (broad SMARTS) is 1.